The molecule has 0 bridgehead atoms. The maximum Gasteiger partial charge on any atom is 0.321 e. The second-order valence-electron chi connectivity index (χ2n) is 7.18. The Bertz CT molecular complexity index is 912. The van der Waals surface area contributed by atoms with Crippen molar-refractivity contribution < 1.29 is 23.5 Å². The third-order valence-corrected chi connectivity index (χ3v) is 4.94. The number of esters is 1. The quantitative estimate of drug-likeness (QED) is 0.734. The lowest BCUT2D eigenvalue weighted by Gasteiger charge is -2.30. The molecule has 0 aromatic heterocycles. The maximum atomic E-state index is 13.5. The van der Waals surface area contributed by atoms with E-state index in [9.17, 15) is 18.8 Å². The first-order chi connectivity index (χ1) is 14.4. The number of urea groups is 1. The molecule has 1 saturated heterocycles. The van der Waals surface area contributed by atoms with Gasteiger partial charge >= 0.3 is 12.0 Å². The molecule has 0 aliphatic carbocycles. The third-order valence-electron chi connectivity index (χ3n) is 4.94. The summed E-state index contributed by atoms with van der Waals surface area (Å²) < 4.78 is 18.6. The SMILES string of the molecule is Cc1ccc(NC(=O)COC(=O)C2CCN(C(=O)Nc3ccccc3)CC2)cc1F. The first kappa shape index (κ1) is 21.3. The summed E-state index contributed by atoms with van der Waals surface area (Å²) >= 11 is 0. The van der Waals surface area contributed by atoms with Crippen LogP contribution in [-0.4, -0.2) is 42.5 Å². The van der Waals surface area contributed by atoms with Crippen LogP contribution in [0.15, 0.2) is 48.5 Å². The van der Waals surface area contributed by atoms with Gasteiger partial charge in [-0.15, -0.1) is 0 Å². The summed E-state index contributed by atoms with van der Waals surface area (Å²) in [5.41, 5.74) is 1.49. The van der Waals surface area contributed by atoms with Gasteiger partial charge in [0.25, 0.3) is 5.91 Å². The number of rotatable bonds is 5. The molecule has 0 saturated carbocycles. The number of likely N-dealkylation sites (tertiary alicyclic amines) is 1. The topological polar surface area (TPSA) is 87.7 Å². The summed E-state index contributed by atoms with van der Waals surface area (Å²) in [5, 5.41) is 5.31. The largest absolute Gasteiger partial charge is 0.455 e. The van der Waals surface area contributed by atoms with Crippen LogP contribution in [0, 0.1) is 18.7 Å². The number of carbonyl (C=O) groups excluding carboxylic acids is 3. The molecule has 1 heterocycles. The summed E-state index contributed by atoms with van der Waals surface area (Å²) in [6, 6.07) is 13.3. The van der Waals surface area contributed by atoms with Gasteiger partial charge in [0.15, 0.2) is 6.61 Å². The Kier molecular flexibility index (Phi) is 7.00. The van der Waals surface area contributed by atoms with Crippen LogP contribution in [0.3, 0.4) is 0 Å². The number of carbonyl (C=O) groups is 3. The van der Waals surface area contributed by atoms with Gasteiger partial charge in [0.05, 0.1) is 5.92 Å². The summed E-state index contributed by atoms with van der Waals surface area (Å²) in [4.78, 5) is 38.1. The van der Waals surface area contributed by atoms with Crippen molar-refractivity contribution in [3.05, 3.63) is 59.9 Å². The lowest BCUT2D eigenvalue weighted by molar-refractivity contribution is -0.152. The lowest BCUT2D eigenvalue weighted by Crippen LogP contribution is -2.43. The van der Waals surface area contributed by atoms with E-state index in [-0.39, 0.29) is 11.9 Å². The number of aryl methyl sites for hydroxylation is 1. The predicted molar refractivity (Wildman–Crippen MR) is 110 cm³/mol. The van der Waals surface area contributed by atoms with Crippen molar-refractivity contribution in [1.29, 1.82) is 0 Å². The van der Waals surface area contributed by atoms with Gasteiger partial charge in [0.1, 0.15) is 5.82 Å². The van der Waals surface area contributed by atoms with Gasteiger partial charge in [-0.2, -0.15) is 0 Å². The number of anilines is 2. The van der Waals surface area contributed by atoms with Crippen molar-refractivity contribution in [3.63, 3.8) is 0 Å². The zero-order chi connectivity index (χ0) is 21.5. The number of amides is 3. The third kappa shape index (κ3) is 5.79. The fourth-order valence-corrected chi connectivity index (χ4v) is 3.16. The van der Waals surface area contributed by atoms with E-state index in [1.54, 1.807) is 36.1 Å². The van der Waals surface area contributed by atoms with Gasteiger partial charge in [0.2, 0.25) is 0 Å². The van der Waals surface area contributed by atoms with Gasteiger partial charge in [-0.25, -0.2) is 9.18 Å². The Balaban J connectivity index is 1.40. The van der Waals surface area contributed by atoms with Crippen LogP contribution >= 0.6 is 0 Å². The minimum atomic E-state index is -0.536. The standard InChI is InChI=1S/C22H24FN3O4/c1-15-7-8-18(13-19(15)23)24-20(27)14-30-21(28)16-9-11-26(12-10-16)22(29)25-17-5-3-2-4-6-17/h2-8,13,16H,9-12,14H2,1H3,(H,24,27)(H,25,29). The molecule has 3 amide bonds. The van der Waals surface area contributed by atoms with E-state index in [2.05, 4.69) is 10.6 Å². The number of ether oxygens (including phenoxy) is 1. The average molecular weight is 413 g/mol. The van der Waals surface area contributed by atoms with E-state index in [1.807, 2.05) is 18.2 Å². The zero-order valence-electron chi connectivity index (χ0n) is 16.7. The Hall–Kier alpha value is -3.42. The number of para-hydroxylation sites is 1. The fourth-order valence-electron chi connectivity index (χ4n) is 3.16. The van der Waals surface area contributed by atoms with Gasteiger partial charge in [0, 0.05) is 24.5 Å². The first-order valence-corrected chi connectivity index (χ1v) is 9.76. The minimum Gasteiger partial charge on any atom is -0.455 e. The van der Waals surface area contributed by atoms with Crippen molar-refractivity contribution in [2.75, 3.05) is 30.3 Å². The molecule has 8 heteroatoms. The molecule has 2 N–H and O–H groups in total. The summed E-state index contributed by atoms with van der Waals surface area (Å²) in [7, 11) is 0. The average Bonchev–Trinajstić information content (AvgIpc) is 2.75. The number of benzene rings is 2. The number of nitrogens with one attached hydrogen (secondary N) is 2. The van der Waals surface area contributed by atoms with Crippen LogP contribution in [0.4, 0.5) is 20.6 Å². The summed E-state index contributed by atoms with van der Waals surface area (Å²) in [6.07, 6.45) is 0.928. The van der Waals surface area contributed by atoms with E-state index < -0.39 is 24.3 Å². The van der Waals surface area contributed by atoms with Gasteiger partial charge in [-0.3, -0.25) is 9.59 Å². The number of piperidine rings is 1. The van der Waals surface area contributed by atoms with Crippen LogP contribution in [0.1, 0.15) is 18.4 Å². The Labute approximate surface area is 174 Å². The van der Waals surface area contributed by atoms with Gasteiger partial charge in [-0.05, 0) is 49.6 Å². The molecular formula is C22H24FN3O4. The van der Waals surface area contributed by atoms with Crippen molar-refractivity contribution in [3.8, 4) is 0 Å². The minimum absolute atomic E-state index is 0.210. The molecule has 0 atom stereocenters. The highest BCUT2D eigenvalue weighted by atomic mass is 19.1. The molecule has 0 unspecified atom stereocenters. The molecule has 1 fully saturated rings. The van der Waals surface area contributed by atoms with Crippen molar-refractivity contribution in [2.45, 2.75) is 19.8 Å². The predicted octanol–water partition coefficient (Wildman–Crippen LogP) is 3.56. The van der Waals surface area contributed by atoms with Crippen LogP contribution in [0.25, 0.3) is 0 Å². The van der Waals surface area contributed by atoms with Crippen molar-refractivity contribution >= 4 is 29.3 Å². The second kappa shape index (κ2) is 9.87. The molecule has 7 nitrogen and oxygen atoms in total. The monoisotopic (exact) mass is 413 g/mol. The van der Waals surface area contributed by atoms with Crippen LogP contribution in [-0.2, 0) is 14.3 Å². The zero-order valence-corrected chi connectivity index (χ0v) is 16.7. The lowest BCUT2D eigenvalue weighted by atomic mass is 9.97. The molecule has 0 radical (unpaired) electrons. The Morgan fingerprint density at radius 3 is 2.40 bits per heavy atom. The fraction of sp³-hybridized carbons (Fsp3) is 0.318. The second-order valence-corrected chi connectivity index (χ2v) is 7.18. The van der Waals surface area contributed by atoms with E-state index >= 15 is 0 Å². The van der Waals surface area contributed by atoms with Gasteiger partial charge < -0.3 is 20.3 Å². The highest BCUT2D eigenvalue weighted by Gasteiger charge is 2.28. The molecule has 0 spiro atoms. The first-order valence-electron chi connectivity index (χ1n) is 9.76. The molecule has 1 aliphatic heterocycles. The molecule has 2 aromatic rings. The highest BCUT2D eigenvalue weighted by Crippen LogP contribution is 2.20. The Morgan fingerprint density at radius 2 is 1.73 bits per heavy atom. The smallest absolute Gasteiger partial charge is 0.321 e. The Morgan fingerprint density at radius 1 is 1.03 bits per heavy atom. The number of halogens is 1. The summed E-state index contributed by atoms with van der Waals surface area (Å²) in [6.45, 7) is 2.03. The molecule has 1 aliphatic rings. The normalized spacial score (nSPS) is 14.1. The molecular weight excluding hydrogens is 389 g/mol. The van der Waals surface area contributed by atoms with E-state index in [1.165, 1.54) is 6.07 Å². The van der Waals surface area contributed by atoms with Crippen LogP contribution in [0.2, 0.25) is 0 Å². The highest BCUT2D eigenvalue weighted by molar-refractivity contribution is 5.93. The molecule has 158 valence electrons. The maximum absolute atomic E-state index is 13.5. The van der Waals surface area contributed by atoms with Crippen molar-refractivity contribution in [2.24, 2.45) is 5.92 Å². The van der Waals surface area contributed by atoms with Crippen LogP contribution in [0.5, 0.6) is 0 Å². The number of hydrogen-bond donors (Lipinski definition) is 2. The van der Waals surface area contributed by atoms with Crippen molar-refractivity contribution in [1.82, 2.24) is 4.90 Å². The number of nitrogens with zero attached hydrogens (tertiary/aromatic N) is 1. The van der Waals surface area contributed by atoms with Gasteiger partial charge in [-0.1, -0.05) is 24.3 Å². The molecule has 3 rings (SSSR count). The number of hydrogen-bond acceptors (Lipinski definition) is 4. The summed E-state index contributed by atoms with van der Waals surface area (Å²) in [5.74, 6) is -1.79. The van der Waals surface area contributed by atoms with Crippen LogP contribution < -0.4 is 10.6 Å². The molecule has 30 heavy (non-hydrogen) atoms. The van der Waals surface area contributed by atoms with E-state index in [4.69, 9.17) is 4.74 Å². The molecule has 2 aromatic carbocycles. The van der Waals surface area contributed by atoms with E-state index in [0.29, 0.717) is 42.9 Å². The van der Waals surface area contributed by atoms with E-state index in [0.717, 1.165) is 0 Å².